The summed E-state index contributed by atoms with van der Waals surface area (Å²) in [5.41, 5.74) is 4.98. The van der Waals surface area contributed by atoms with Crippen molar-refractivity contribution in [3.8, 4) is 11.3 Å². The van der Waals surface area contributed by atoms with Gasteiger partial charge in [-0.15, -0.1) is 0 Å². The summed E-state index contributed by atoms with van der Waals surface area (Å²) in [5.74, 6) is -0.855. The van der Waals surface area contributed by atoms with Gasteiger partial charge in [-0.05, 0) is 26.0 Å². The second kappa shape index (κ2) is 8.70. The van der Waals surface area contributed by atoms with E-state index in [-0.39, 0.29) is 12.4 Å². The van der Waals surface area contributed by atoms with Crippen molar-refractivity contribution in [3.05, 3.63) is 100 Å². The molecule has 0 bridgehead atoms. The number of halogens is 1. The van der Waals surface area contributed by atoms with Crippen LogP contribution in [0.25, 0.3) is 22.2 Å². The molecule has 0 radical (unpaired) electrons. The number of benzene rings is 3. The van der Waals surface area contributed by atoms with Crippen LogP contribution < -0.4 is 0 Å². The number of ether oxygens (including phenoxy) is 1. The van der Waals surface area contributed by atoms with E-state index in [1.54, 1.807) is 36.4 Å². The van der Waals surface area contributed by atoms with Gasteiger partial charge in [-0.1, -0.05) is 83.4 Å². The first-order valence-corrected chi connectivity index (χ1v) is 10.2. The molecule has 1 heterocycles. The summed E-state index contributed by atoms with van der Waals surface area (Å²) in [5, 5.41) is 1.02. The van der Waals surface area contributed by atoms with Crippen LogP contribution in [0.2, 0.25) is 5.02 Å². The molecule has 3 aromatic carbocycles. The van der Waals surface area contributed by atoms with Crippen molar-refractivity contribution >= 4 is 34.3 Å². The molecule has 4 rings (SSSR count). The first-order valence-electron chi connectivity index (χ1n) is 9.85. The Hall–Kier alpha value is -3.50. The molecule has 0 amide bonds. The summed E-state index contributed by atoms with van der Waals surface area (Å²) in [7, 11) is 0. The fourth-order valence-corrected chi connectivity index (χ4v) is 3.50. The standard InChI is InChI=1S/C26H20ClNO3/c1-16-6-10-18(11-7-16)23-14-21(20-4-3-5-22(27)25(20)28-23)26(30)31-15-24(29)19-12-8-17(2)9-13-19/h3-14H,15H2,1-2H3. The molecule has 0 saturated carbocycles. The van der Waals surface area contributed by atoms with E-state index in [4.69, 9.17) is 16.3 Å². The number of nitrogens with zero attached hydrogens (tertiary/aromatic N) is 1. The molecule has 5 heteroatoms. The lowest BCUT2D eigenvalue weighted by molar-refractivity contribution is 0.0476. The van der Waals surface area contributed by atoms with Crippen molar-refractivity contribution in [2.24, 2.45) is 0 Å². The Morgan fingerprint density at radius 2 is 1.55 bits per heavy atom. The number of aromatic nitrogens is 1. The Balaban J connectivity index is 1.67. The number of carbonyl (C=O) groups is 2. The van der Waals surface area contributed by atoms with Crippen LogP contribution in [0.3, 0.4) is 0 Å². The quantitative estimate of drug-likeness (QED) is 0.279. The first-order chi connectivity index (χ1) is 14.9. The zero-order valence-corrected chi connectivity index (χ0v) is 17.9. The maximum absolute atomic E-state index is 13.0. The minimum atomic E-state index is -0.594. The van der Waals surface area contributed by atoms with Gasteiger partial charge >= 0.3 is 5.97 Å². The van der Waals surface area contributed by atoms with Gasteiger partial charge in [-0.3, -0.25) is 4.79 Å². The van der Waals surface area contributed by atoms with Crippen LogP contribution in [0.15, 0.2) is 72.8 Å². The predicted molar refractivity (Wildman–Crippen MR) is 123 cm³/mol. The van der Waals surface area contributed by atoms with Gasteiger partial charge in [-0.2, -0.15) is 0 Å². The lowest BCUT2D eigenvalue weighted by Crippen LogP contribution is -2.15. The number of carbonyl (C=O) groups excluding carboxylic acids is 2. The third-order valence-electron chi connectivity index (χ3n) is 5.07. The molecule has 0 spiro atoms. The molecule has 0 atom stereocenters. The Labute approximate surface area is 185 Å². The summed E-state index contributed by atoms with van der Waals surface area (Å²) in [6.45, 7) is 3.61. The molecule has 0 aliphatic carbocycles. The average molecular weight is 430 g/mol. The fraction of sp³-hybridized carbons (Fsp3) is 0.115. The number of rotatable bonds is 5. The van der Waals surface area contributed by atoms with Gasteiger partial charge in [0.25, 0.3) is 0 Å². The Morgan fingerprint density at radius 3 is 2.23 bits per heavy atom. The molecular formula is C26H20ClNO3. The summed E-state index contributed by atoms with van der Waals surface area (Å²) in [6.07, 6.45) is 0. The monoisotopic (exact) mass is 429 g/mol. The maximum atomic E-state index is 13.0. The molecule has 0 aliphatic heterocycles. The number of hydrogen-bond acceptors (Lipinski definition) is 4. The van der Waals surface area contributed by atoms with Crippen LogP contribution >= 0.6 is 11.6 Å². The molecule has 0 saturated heterocycles. The SMILES string of the molecule is Cc1ccc(C(=O)COC(=O)c2cc(-c3ccc(C)cc3)nc3c(Cl)cccc23)cc1. The third kappa shape index (κ3) is 4.49. The van der Waals surface area contributed by atoms with Gasteiger partial charge < -0.3 is 4.74 Å². The van der Waals surface area contributed by atoms with Crippen molar-refractivity contribution in [2.45, 2.75) is 13.8 Å². The predicted octanol–water partition coefficient (Wildman–Crippen LogP) is 6.21. The smallest absolute Gasteiger partial charge is 0.339 e. The molecular weight excluding hydrogens is 410 g/mol. The van der Waals surface area contributed by atoms with E-state index in [0.717, 1.165) is 16.7 Å². The van der Waals surface area contributed by atoms with E-state index in [1.807, 2.05) is 50.2 Å². The molecule has 31 heavy (non-hydrogen) atoms. The minimum absolute atomic E-state index is 0.261. The Morgan fingerprint density at radius 1 is 0.903 bits per heavy atom. The number of hydrogen-bond donors (Lipinski definition) is 0. The lowest BCUT2D eigenvalue weighted by Gasteiger charge is -2.11. The number of esters is 1. The van der Waals surface area contributed by atoms with Crippen LogP contribution in [0.4, 0.5) is 0 Å². The van der Waals surface area contributed by atoms with E-state index in [1.165, 1.54) is 0 Å². The number of Topliss-reactive ketones (excluding diaryl/α,β-unsaturated/α-hetero) is 1. The van der Waals surface area contributed by atoms with E-state index >= 15 is 0 Å². The molecule has 0 unspecified atom stereocenters. The highest BCUT2D eigenvalue weighted by Crippen LogP contribution is 2.29. The van der Waals surface area contributed by atoms with E-state index in [9.17, 15) is 9.59 Å². The Kier molecular flexibility index (Phi) is 5.83. The fourth-order valence-electron chi connectivity index (χ4n) is 3.29. The highest BCUT2D eigenvalue weighted by Gasteiger charge is 2.18. The molecule has 154 valence electrons. The van der Waals surface area contributed by atoms with Gasteiger partial charge in [0.15, 0.2) is 12.4 Å². The third-order valence-corrected chi connectivity index (χ3v) is 5.37. The van der Waals surface area contributed by atoms with Crippen LogP contribution in [-0.4, -0.2) is 23.3 Å². The first kappa shape index (κ1) is 20.8. The van der Waals surface area contributed by atoms with E-state index < -0.39 is 5.97 Å². The highest BCUT2D eigenvalue weighted by atomic mass is 35.5. The summed E-state index contributed by atoms with van der Waals surface area (Å²) >= 11 is 6.37. The summed E-state index contributed by atoms with van der Waals surface area (Å²) in [4.78, 5) is 30.0. The van der Waals surface area contributed by atoms with Crippen LogP contribution in [0.5, 0.6) is 0 Å². The van der Waals surface area contributed by atoms with Crippen molar-refractivity contribution in [1.82, 2.24) is 4.98 Å². The summed E-state index contributed by atoms with van der Waals surface area (Å²) < 4.78 is 5.37. The normalized spacial score (nSPS) is 10.8. The number of ketones is 1. The zero-order valence-electron chi connectivity index (χ0n) is 17.2. The molecule has 0 aliphatic rings. The molecule has 0 fully saturated rings. The number of aryl methyl sites for hydroxylation is 2. The molecule has 0 N–H and O–H groups in total. The van der Waals surface area contributed by atoms with Gasteiger partial charge in [0, 0.05) is 16.5 Å². The lowest BCUT2D eigenvalue weighted by atomic mass is 10.0. The van der Waals surface area contributed by atoms with Gasteiger partial charge in [0.1, 0.15) is 0 Å². The number of para-hydroxylation sites is 1. The topological polar surface area (TPSA) is 56.3 Å². The number of fused-ring (bicyclic) bond motifs is 1. The van der Waals surface area contributed by atoms with Crippen LogP contribution in [0.1, 0.15) is 31.8 Å². The Bertz CT molecular complexity index is 1280. The molecule has 4 nitrogen and oxygen atoms in total. The largest absolute Gasteiger partial charge is 0.454 e. The van der Waals surface area contributed by atoms with Crippen molar-refractivity contribution in [1.29, 1.82) is 0 Å². The highest BCUT2D eigenvalue weighted by molar-refractivity contribution is 6.35. The van der Waals surface area contributed by atoms with Gasteiger partial charge in [0.05, 0.1) is 21.8 Å². The van der Waals surface area contributed by atoms with Crippen LogP contribution in [-0.2, 0) is 4.74 Å². The summed E-state index contributed by atoms with van der Waals surface area (Å²) in [6, 6.07) is 21.9. The van der Waals surface area contributed by atoms with Crippen molar-refractivity contribution < 1.29 is 14.3 Å². The maximum Gasteiger partial charge on any atom is 0.339 e. The zero-order chi connectivity index (χ0) is 22.0. The van der Waals surface area contributed by atoms with Crippen molar-refractivity contribution in [3.63, 3.8) is 0 Å². The number of pyridine rings is 1. The average Bonchev–Trinajstić information content (AvgIpc) is 2.78. The second-order valence-electron chi connectivity index (χ2n) is 7.42. The second-order valence-corrected chi connectivity index (χ2v) is 7.83. The van der Waals surface area contributed by atoms with Gasteiger partial charge in [-0.25, -0.2) is 9.78 Å². The molecule has 4 aromatic rings. The van der Waals surface area contributed by atoms with E-state index in [0.29, 0.717) is 32.7 Å². The van der Waals surface area contributed by atoms with Gasteiger partial charge in [0.2, 0.25) is 0 Å². The van der Waals surface area contributed by atoms with Crippen LogP contribution in [0, 0.1) is 13.8 Å². The van der Waals surface area contributed by atoms with Crippen molar-refractivity contribution in [2.75, 3.05) is 6.61 Å². The molecule has 1 aromatic heterocycles. The van der Waals surface area contributed by atoms with E-state index in [2.05, 4.69) is 4.98 Å². The minimum Gasteiger partial charge on any atom is -0.454 e.